The van der Waals surface area contributed by atoms with Crippen LogP contribution in [0.5, 0.6) is 11.6 Å². The zero-order valence-electron chi connectivity index (χ0n) is 13.3. The van der Waals surface area contributed by atoms with Crippen molar-refractivity contribution >= 4 is 5.91 Å². The van der Waals surface area contributed by atoms with E-state index in [9.17, 15) is 4.79 Å². The number of carbonyl (C=O) groups is 1. The number of aromatic nitrogens is 2. The molecule has 0 saturated carbocycles. The molecule has 1 aromatic carbocycles. The zero-order valence-corrected chi connectivity index (χ0v) is 13.3. The third-order valence-electron chi connectivity index (χ3n) is 3.69. The molecule has 1 aliphatic rings. The maximum atomic E-state index is 12.7. The summed E-state index contributed by atoms with van der Waals surface area (Å²) in [6, 6.07) is 7.75. The molecular formula is C17H20N4O2. The van der Waals surface area contributed by atoms with Crippen molar-refractivity contribution in [3.63, 3.8) is 0 Å². The Morgan fingerprint density at radius 1 is 1.26 bits per heavy atom. The molecule has 120 valence electrons. The molecule has 0 spiro atoms. The molecule has 3 rings (SSSR count). The fourth-order valence-corrected chi connectivity index (χ4v) is 2.83. The van der Waals surface area contributed by atoms with Gasteiger partial charge in [0.2, 0.25) is 5.88 Å². The third-order valence-corrected chi connectivity index (χ3v) is 3.69. The molecule has 23 heavy (non-hydrogen) atoms. The third kappa shape index (κ3) is 3.84. The number of nitrogens with zero attached hydrogens (tertiary/aromatic N) is 3. The van der Waals surface area contributed by atoms with Crippen molar-refractivity contribution in [2.45, 2.75) is 25.9 Å². The van der Waals surface area contributed by atoms with E-state index in [-0.39, 0.29) is 5.91 Å². The van der Waals surface area contributed by atoms with E-state index in [1.807, 2.05) is 17.0 Å². The topological polar surface area (TPSA) is 67.4 Å². The fraction of sp³-hybridized carbons (Fsp3) is 0.353. The number of hydrogen-bond donors (Lipinski definition) is 1. The lowest BCUT2D eigenvalue weighted by molar-refractivity contribution is 0.0673. The van der Waals surface area contributed by atoms with Gasteiger partial charge in [0.05, 0.1) is 6.20 Å². The monoisotopic (exact) mass is 312 g/mol. The highest BCUT2D eigenvalue weighted by atomic mass is 16.5. The van der Waals surface area contributed by atoms with Crippen LogP contribution in [0.2, 0.25) is 0 Å². The molecule has 2 aromatic rings. The molecule has 0 aliphatic carbocycles. The lowest BCUT2D eigenvalue weighted by Gasteiger charge is -2.36. The van der Waals surface area contributed by atoms with Gasteiger partial charge in [0.1, 0.15) is 5.75 Å². The summed E-state index contributed by atoms with van der Waals surface area (Å²) >= 11 is 0. The van der Waals surface area contributed by atoms with E-state index in [4.69, 9.17) is 4.74 Å². The first kappa shape index (κ1) is 15.4. The zero-order chi connectivity index (χ0) is 16.2. The van der Waals surface area contributed by atoms with E-state index in [0.29, 0.717) is 42.4 Å². The van der Waals surface area contributed by atoms with Crippen molar-refractivity contribution in [1.29, 1.82) is 0 Å². The second-order valence-electron chi connectivity index (χ2n) is 5.85. The van der Waals surface area contributed by atoms with Crippen LogP contribution in [-0.2, 0) is 0 Å². The van der Waals surface area contributed by atoms with Crippen LogP contribution in [0.25, 0.3) is 0 Å². The lowest BCUT2D eigenvalue weighted by Crippen LogP contribution is -2.55. The summed E-state index contributed by atoms with van der Waals surface area (Å²) in [5, 5.41) is 3.43. The molecule has 0 radical (unpaired) electrons. The highest BCUT2D eigenvalue weighted by molar-refractivity contribution is 5.94. The van der Waals surface area contributed by atoms with Crippen molar-refractivity contribution < 1.29 is 9.53 Å². The normalized spacial score (nSPS) is 21.0. The number of nitrogens with one attached hydrogen (secondary N) is 1. The number of benzene rings is 1. The summed E-state index contributed by atoms with van der Waals surface area (Å²) in [4.78, 5) is 22.6. The number of hydrogen-bond acceptors (Lipinski definition) is 5. The van der Waals surface area contributed by atoms with Crippen molar-refractivity contribution in [1.82, 2.24) is 20.2 Å². The molecule has 2 unspecified atom stereocenters. The Kier molecular flexibility index (Phi) is 4.52. The van der Waals surface area contributed by atoms with Crippen molar-refractivity contribution in [2.24, 2.45) is 0 Å². The van der Waals surface area contributed by atoms with Gasteiger partial charge in [-0.05, 0) is 32.0 Å². The quantitative estimate of drug-likeness (QED) is 0.940. The minimum atomic E-state index is 0.0230. The van der Waals surface area contributed by atoms with Crippen LogP contribution in [0, 0.1) is 0 Å². The minimum Gasteiger partial charge on any atom is -0.437 e. The second-order valence-corrected chi connectivity index (χ2v) is 5.85. The molecule has 0 bridgehead atoms. The van der Waals surface area contributed by atoms with Gasteiger partial charge in [-0.1, -0.05) is 6.07 Å². The van der Waals surface area contributed by atoms with Gasteiger partial charge in [0.15, 0.2) is 0 Å². The number of carbonyl (C=O) groups excluding carboxylic acids is 1. The van der Waals surface area contributed by atoms with Crippen LogP contribution in [0.4, 0.5) is 0 Å². The fourth-order valence-electron chi connectivity index (χ4n) is 2.83. The highest BCUT2D eigenvalue weighted by Gasteiger charge is 2.25. The van der Waals surface area contributed by atoms with Gasteiger partial charge in [-0.2, -0.15) is 0 Å². The lowest BCUT2D eigenvalue weighted by atomic mass is 10.1. The smallest absolute Gasteiger partial charge is 0.254 e. The Labute approximate surface area is 135 Å². The van der Waals surface area contributed by atoms with E-state index in [1.54, 1.807) is 24.5 Å². The van der Waals surface area contributed by atoms with Crippen LogP contribution in [0.1, 0.15) is 24.2 Å². The standard InChI is InChI=1S/C17H20N4O2/c1-12-10-21(11-13(2)20-12)17(22)14-4-3-5-15(8-14)23-16-9-18-6-7-19-16/h3-9,12-13,20H,10-11H2,1-2H3. The van der Waals surface area contributed by atoms with E-state index >= 15 is 0 Å². The first-order valence-corrected chi connectivity index (χ1v) is 7.71. The van der Waals surface area contributed by atoms with Crippen LogP contribution >= 0.6 is 0 Å². The van der Waals surface area contributed by atoms with Crippen LogP contribution in [0.15, 0.2) is 42.9 Å². The van der Waals surface area contributed by atoms with E-state index in [1.165, 1.54) is 6.20 Å². The molecule has 1 aromatic heterocycles. The van der Waals surface area contributed by atoms with Gasteiger partial charge in [0.25, 0.3) is 5.91 Å². The second kappa shape index (κ2) is 6.75. The van der Waals surface area contributed by atoms with Crippen LogP contribution in [0.3, 0.4) is 0 Å². The number of rotatable bonds is 3. The molecule has 6 heteroatoms. The molecule has 1 amide bonds. The molecule has 1 saturated heterocycles. The van der Waals surface area contributed by atoms with E-state index in [2.05, 4.69) is 29.1 Å². The summed E-state index contributed by atoms with van der Waals surface area (Å²) in [6.45, 7) is 5.59. The number of piperazine rings is 1. The van der Waals surface area contributed by atoms with E-state index < -0.39 is 0 Å². The van der Waals surface area contributed by atoms with Crippen molar-refractivity contribution in [3.05, 3.63) is 48.4 Å². The predicted molar refractivity (Wildman–Crippen MR) is 86.5 cm³/mol. The first-order valence-electron chi connectivity index (χ1n) is 7.71. The molecular weight excluding hydrogens is 292 g/mol. The summed E-state index contributed by atoms with van der Waals surface area (Å²) in [5.41, 5.74) is 0.618. The first-order chi connectivity index (χ1) is 11.1. The van der Waals surface area contributed by atoms with Gasteiger partial charge in [-0.15, -0.1) is 0 Å². The van der Waals surface area contributed by atoms with Gasteiger partial charge in [-0.3, -0.25) is 9.78 Å². The average molecular weight is 312 g/mol. The molecule has 1 N–H and O–H groups in total. The molecule has 1 aliphatic heterocycles. The Bertz CT molecular complexity index is 667. The largest absolute Gasteiger partial charge is 0.437 e. The summed E-state index contributed by atoms with van der Waals surface area (Å²) in [7, 11) is 0. The van der Waals surface area contributed by atoms with Gasteiger partial charge in [0, 0.05) is 43.1 Å². The minimum absolute atomic E-state index is 0.0230. The highest BCUT2D eigenvalue weighted by Crippen LogP contribution is 2.21. The van der Waals surface area contributed by atoms with Crippen LogP contribution < -0.4 is 10.1 Å². The van der Waals surface area contributed by atoms with Crippen molar-refractivity contribution in [3.8, 4) is 11.6 Å². The molecule has 2 atom stereocenters. The maximum absolute atomic E-state index is 12.7. The predicted octanol–water partition coefficient (Wildman–Crippen LogP) is 2.09. The average Bonchev–Trinajstić information content (AvgIpc) is 2.54. The Balaban J connectivity index is 1.75. The Morgan fingerprint density at radius 2 is 2.04 bits per heavy atom. The van der Waals surface area contributed by atoms with E-state index in [0.717, 1.165) is 0 Å². The number of amides is 1. The van der Waals surface area contributed by atoms with Gasteiger partial charge in [-0.25, -0.2) is 4.98 Å². The molecule has 2 heterocycles. The molecule has 6 nitrogen and oxygen atoms in total. The summed E-state index contributed by atoms with van der Waals surface area (Å²) < 4.78 is 5.64. The van der Waals surface area contributed by atoms with Crippen molar-refractivity contribution in [2.75, 3.05) is 13.1 Å². The number of ether oxygens (including phenoxy) is 1. The SMILES string of the molecule is CC1CN(C(=O)c2cccc(Oc3cnccn3)c2)CC(C)N1. The van der Waals surface area contributed by atoms with Gasteiger partial charge < -0.3 is 15.0 Å². The van der Waals surface area contributed by atoms with Crippen LogP contribution in [-0.4, -0.2) is 45.9 Å². The summed E-state index contributed by atoms with van der Waals surface area (Å²) in [5.74, 6) is 1.00. The van der Waals surface area contributed by atoms with Gasteiger partial charge >= 0.3 is 0 Å². The Hall–Kier alpha value is -2.47. The molecule has 1 fully saturated rings. The Morgan fingerprint density at radius 3 is 2.74 bits per heavy atom. The summed E-state index contributed by atoms with van der Waals surface area (Å²) in [6.07, 6.45) is 4.68. The maximum Gasteiger partial charge on any atom is 0.254 e.